The molecule has 5 nitrogen and oxygen atoms in total. The fourth-order valence-corrected chi connectivity index (χ4v) is 3.67. The van der Waals surface area contributed by atoms with E-state index in [0.29, 0.717) is 32.6 Å². The van der Waals surface area contributed by atoms with Crippen molar-refractivity contribution in [1.29, 1.82) is 0 Å². The van der Waals surface area contributed by atoms with Crippen LogP contribution in [0, 0.1) is 0 Å². The van der Waals surface area contributed by atoms with E-state index >= 15 is 0 Å². The van der Waals surface area contributed by atoms with Crippen LogP contribution in [0.25, 0.3) is 6.08 Å². The first kappa shape index (κ1) is 19.8. The summed E-state index contributed by atoms with van der Waals surface area (Å²) in [5.74, 6) is -0.346. The standard InChI is InChI=1S/C24H16BrNO4/c25-20-13-15(12-19-23(28)17-8-4-5-9-18(17)24(19)29)10-11-21(20)30-14-22(27)26-16-6-2-1-3-7-16/h1-13H,14H2,(H,26,27). The quantitative estimate of drug-likeness (QED) is 0.431. The molecule has 3 aromatic rings. The van der Waals surface area contributed by atoms with Crippen molar-refractivity contribution in [3.63, 3.8) is 0 Å². The number of hydrogen-bond donors (Lipinski definition) is 1. The predicted octanol–water partition coefficient (Wildman–Crippen LogP) is 4.93. The maximum Gasteiger partial charge on any atom is 0.262 e. The SMILES string of the molecule is O=C(COc1ccc(C=C2C(=O)c3ccccc3C2=O)cc1Br)Nc1ccccc1. The largest absolute Gasteiger partial charge is 0.483 e. The molecule has 6 heteroatoms. The molecule has 1 N–H and O–H groups in total. The molecule has 0 radical (unpaired) electrons. The molecule has 3 aromatic carbocycles. The van der Waals surface area contributed by atoms with Gasteiger partial charge in [0.2, 0.25) is 0 Å². The number of hydrogen-bond acceptors (Lipinski definition) is 4. The Balaban J connectivity index is 1.45. The van der Waals surface area contributed by atoms with E-state index in [1.807, 2.05) is 18.2 Å². The number of amides is 1. The zero-order valence-corrected chi connectivity index (χ0v) is 17.3. The third-order valence-electron chi connectivity index (χ3n) is 4.59. The highest BCUT2D eigenvalue weighted by atomic mass is 79.9. The lowest BCUT2D eigenvalue weighted by Crippen LogP contribution is -2.20. The monoisotopic (exact) mass is 461 g/mol. The summed E-state index contributed by atoms with van der Waals surface area (Å²) in [6.45, 7) is -0.153. The normalized spacial score (nSPS) is 12.5. The summed E-state index contributed by atoms with van der Waals surface area (Å²) in [7, 11) is 0. The third-order valence-corrected chi connectivity index (χ3v) is 5.21. The molecule has 0 saturated heterocycles. The number of nitrogens with one attached hydrogen (secondary N) is 1. The molecular formula is C24H16BrNO4. The number of fused-ring (bicyclic) bond motifs is 1. The molecule has 0 fully saturated rings. The minimum Gasteiger partial charge on any atom is -0.483 e. The van der Waals surface area contributed by atoms with Gasteiger partial charge in [-0.1, -0.05) is 48.5 Å². The summed E-state index contributed by atoms with van der Waals surface area (Å²) in [6, 6.07) is 21.1. The molecule has 1 aliphatic rings. The van der Waals surface area contributed by atoms with Gasteiger partial charge in [0, 0.05) is 16.8 Å². The molecule has 0 atom stereocenters. The molecule has 0 unspecified atom stereocenters. The van der Waals surface area contributed by atoms with Crippen molar-refractivity contribution in [2.45, 2.75) is 0 Å². The van der Waals surface area contributed by atoms with Crippen molar-refractivity contribution >= 4 is 45.2 Å². The number of carbonyl (C=O) groups excluding carboxylic acids is 3. The van der Waals surface area contributed by atoms with E-state index in [1.54, 1.807) is 60.7 Å². The molecule has 0 heterocycles. The van der Waals surface area contributed by atoms with Crippen LogP contribution in [-0.4, -0.2) is 24.1 Å². The summed E-state index contributed by atoms with van der Waals surface area (Å²) < 4.78 is 6.19. The zero-order chi connectivity index (χ0) is 21.1. The number of para-hydroxylation sites is 1. The number of allylic oxidation sites excluding steroid dienone is 1. The number of Topliss-reactive ketones (excluding diaryl/α,β-unsaturated/α-hetero) is 2. The number of carbonyl (C=O) groups is 3. The van der Waals surface area contributed by atoms with Gasteiger partial charge in [0.15, 0.2) is 18.2 Å². The number of benzene rings is 3. The molecule has 30 heavy (non-hydrogen) atoms. The van der Waals surface area contributed by atoms with Crippen molar-refractivity contribution < 1.29 is 19.1 Å². The molecule has 1 aliphatic carbocycles. The minimum absolute atomic E-state index is 0.138. The van der Waals surface area contributed by atoms with Crippen LogP contribution in [0.1, 0.15) is 26.3 Å². The van der Waals surface area contributed by atoms with Gasteiger partial charge in [-0.3, -0.25) is 14.4 Å². The van der Waals surface area contributed by atoms with Crippen LogP contribution < -0.4 is 10.1 Å². The van der Waals surface area contributed by atoms with Crippen LogP contribution in [0.5, 0.6) is 5.75 Å². The lowest BCUT2D eigenvalue weighted by atomic mass is 10.1. The fourth-order valence-electron chi connectivity index (χ4n) is 3.16. The van der Waals surface area contributed by atoms with Gasteiger partial charge < -0.3 is 10.1 Å². The van der Waals surface area contributed by atoms with Crippen LogP contribution in [-0.2, 0) is 4.79 Å². The van der Waals surface area contributed by atoms with Crippen LogP contribution >= 0.6 is 15.9 Å². The fraction of sp³-hybridized carbons (Fsp3) is 0.0417. The molecule has 4 rings (SSSR count). The number of anilines is 1. The van der Waals surface area contributed by atoms with Crippen LogP contribution in [0.15, 0.2) is 82.8 Å². The van der Waals surface area contributed by atoms with Crippen LogP contribution in [0.3, 0.4) is 0 Å². The molecule has 0 spiro atoms. The van der Waals surface area contributed by atoms with Crippen LogP contribution in [0.4, 0.5) is 5.69 Å². The number of halogens is 1. The summed E-state index contributed by atoms with van der Waals surface area (Å²) >= 11 is 3.42. The Labute approximate surface area is 181 Å². The lowest BCUT2D eigenvalue weighted by molar-refractivity contribution is -0.118. The maximum absolute atomic E-state index is 12.5. The van der Waals surface area contributed by atoms with Gasteiger partial charge in [0.1, 0.15) is 5.75 Å². The van der Waals surface area contributed by atoms with Crippen molar-refractivity contribution in [3.8, 4) is 5.75 Å². The second kappa shape index (κ2) is 8.47. The van der Waals surface area contributed by atoms with Gasteiger partial charge in [-0.25, -0.2) is 0 Å². The summed E-state index contributed by atoms with van der Waals surface area (Å²) in [4.78, 5) is 37.1. The third kappa shape index (κ3) is 4.09. The van der Waals surface area contributed by atoms with Gasteiger partial charge in [-0.15, -0.1) is 0 Å². The van der Waals surface area contributed by atoms with E-state index < -0.39 is 0 Å². The average Bonchev–Trinajstić information content (AvgIpc) is 2.99. The molecular weight excluding hydrogens is 446 g/mol. The first-order chi connectivity index (χ1) is 14.5. The average molecular weight is 462 g/mol. The second-order valence-electron chi connectivity index (χ2n) is 6.65. The van der Waals surface area contributed by atoms with Crippen molar-refractivity contribution in [2.75, 3.05) is 11.9 Å². The molecule has 0 aromatic heterocycles. The van der Waals surface area contributed by atoms with E-state index in [0.717, 1.165) is 0 Å². The minimum atomic E-state index is -0.279. The van der Waals surface area contributed by atoms with Crippen molar-refractivity contribution in [2.24, 2.45) is 0 Å². The van der Waals surface area contributed by atoms with E-state index in [9.17, 15) is 14.4 Å². The van der Waals surface area contributed by atoms with E-state index in [4.69, 9.17) is 4.74 Å². The Morgan fingerprint density at radius 1 is 0.900 bits per heavy atom. The van der Waals surface area contributed by atoms with Gasteiger partial charge in [0.05, 0.1) is 10.0 Å². The first-order valence-corrected chi connectivity index (χ1v) is 9.99. The Bertz CT molecular complexity index is 1150. The summed E-state index contributed by atoms with van der Waals surface area (Å²) in [5.41, 5.74) is 2.36. The van der Waals surface area contributed by atoms with E-state index in [1.165, 1.54) is 0 Å². The highest BCUT2D eigenvalue weighted by Gasteiger charge is 2.32. The van der Waals surface area contributed by atoms with Gasteiger partial charge in [-0.2, -0.15) is 0 Å². The highest BCUT2D eigenvalue weighted by Crippen LogP contribution is 2.30. The Morgan fingerprint density at radius 3 is 2.17 bits per heavy atom. The molecule has 0 bridgehead atoms. The summed E-state index contributed by atoms with van der Waals surface area (Å²) in [5, 5.41) is 2.75. The molecule has 0 saturated carbocycles. The number of ketones is 2. The molecule has 0 aliphatic heterocycles. The molecule has 1 amide bonds. The maximum atomic E-state index is 12.5. The molecule has 148 valence electrons. The Morgan fingerprint density at radius 2 is 1.53 bits per heavy atom. The first-order valence-electron chi connectivity index (χ1n) is 9.20. The highest BCUT2D eigenvalue weighted by molar-refractivity contribution is 9.10. The van der Waals surface area contributed by atoms with Gasteiger partial charge >= 0.3 is 0 Å². The topological polar surface area (TPSA) is 72.5 Å². The summed E-state index contributed by atoms with van der Waals surface area (Å²) in [6.07, 6.45) is 1.57. The van der Waals surface area contributed by atoms with Gasteiger partial charge in [-0.05, 0) is 51.8 Å². The smallest absolute Gasteiger partial charge is 0.262 e. The zero-order valence-electron chi connectivity index (χ0n) is 15.7. The van der Waals surface area contributed by atoms with Crippen LogP contribution in [0.2, 0.25) is 0 Å². The Kier molecular flexibility index (Phi) is 5.59. The number of ether oxygens (including phenoxy) is 1. The van der Waals surface area contributed by atoms with E-state index in [-0.39, 0.29) is 29.7 Å². The van der Waals surface area contributed by atoms with Crippen molar-refractivity contribution in [1.82, 2.24) is 0 Å². The van der Waals surface area contributed by atoms with Gasteiger partial charge in [0.25, 0.3) is 5.91 Å². The predicted molar refractivity (Wildman–Crippen MR) is 118 cm³/mol. The number of rotatable bonds is 5. The second-order valence-corrected chi connectivity index (χ2v) is 7.51. The lowest BCUT2D eigenvalue weighted by Gasteiger charge is -2.09. The van der Waals surface area contributed by atoms with E-state index in [2.05, 4.69) is 21.2 Å². The Hall–Kier alpha value is -3.51. The van der Waals surface area contributed by atoms with Crippen molar-refractivity contribution in [3.05, 3.63) is 99.5 Å².